The number of rotatable bonds is 3. The molecular formula is C28H23F2N5O3. The van der Waals surface area contributed by atoms with Crippen LogP contribution in [0.4, 0.5) is 26.0 Å². The molecule has 0 radical (unpaired) electrons. The van der Waals surface area contributed by atoms with Gasteiger partial charge in [0.2, 0.25) is 0 Å². The van der Waals surface area contributed by atoms with E-state index in [-0.39, 0.29) is 47.2 Å². The molecule has 3 heterocycles. The second-order valence-electron chi connectivity index (χ2n) is 8.61. The molecule has 6 rings (SSSR count). The second kappa shape index (κ2) is 10.3. The highest BCUT2D eigenvalue weighted by atomic mass is 19.1. The van der Waals surface area contributed by atoms with Gasteiger partial charge in [0, 0.05) is 12.7 Å². The summed E-state index contributed by atoms with van der Waals surface area (Å²) in [6, 6.07) is 20.2. The lowest BCUT2D eigenvalue weighted by Crippen LogP contribution is -2.41. The number of carbonyl (C=O) groups excluding carboxylic acids is 2. The molecular weight excluding hydrogens is 492 g/mol. The number of benzene rings is 3. The van der Waals surface area contributed by atoms with Gasteiger partial charge < -0.3 is 20.3 Å². The summed E-state index contributed by atoms with van der Waals surface area (Å²) in [5.41, 5.74) is 1.90. The van der Waals surface area contributed by atoms with E-state index < -0.39 is 11.6 Å². The van der Waals surface area contributed by atoms with E-state index in [1.807, 2.05) is 42.5 Å². The standard InChI is InChI=1S/C18H12F2N4O.C10H11NO2/c19-11-7-4-8-12(20)14(11)16-23-13-9-21-18(25)15(13)17(24-16)22-10-5-2-1-3-6-10;1-7-10(12)11(2)8-5-3-4-6-9(8)13-7/h1-8H,9H2,(H,21,25)(H,22,23,24);3-7H,1-2H3. The number of nitrogens with one attached hydrogen (secondary N) is 2. The van der Waals surface area contributed by atoms with Crippen LogP contribution in [0.1, 0.15) is 23.0 Å². The van der Waals surface area contributed by atoms with Crippen molar-refractivity contribution in [2.45, 2.75) is 19.6 Å². The summed E-state index contributed by atoms with van der Waals surface area (Å²) < 4.78 is 33.6. The molecule has 192 valence electrons. The molecule has 0 saturated carbocycles. The highest BCUT2D eigenvalue weighted by Crippen LogP contribution is 2.32. The monoisotopic (exact) mass is 515 g/mol. The van der Waals surface area contributed by atoms with Gasteiger partial charge in [-0.25, -0.2) is 18.7 Å². The van der Waals surface area contributed by atoms with E-state index in [1.165, 1.54) is 6.07 Å². The topological polar surface area (TPSA) is 96.5 Å². The molecule has 2 amide bonds. The molecule has 1 unspecified atom stereocenters. The van der Waals surface area contributed by atoms with Crippen LogP contribution in [0.15, 0.2) is 72.8 Å². The quantitative estimate of drug-likeness (QED) is 0.406. The molecule has 2 aliphatic heterocycles. The largest absolute Gasteiger partial charge is 0.479 e. The Labute approximate surface area is 217 Å². The Hall–Kier alpha value is -4.86. The summed E-state index contributed by atoms with van der Waals surface area (Å²) in [5.74, 6) is -0.969. The van der Waals surface area contributed by atoms with Crippen LogP contribution >= 0.6 is 0 Å². The maximum absolute atomic E-state index is 14.1. The summed E-state index contributed by atoms with van der Waals surface area (Å²) in [7, 11) is 1.76. The van der Waals surface area contributed by atoms with Crippen LogP contribution in [0, 0.1) is 11.6 Å². The lowest BCUT2D eigenvalue weighted by atomic mass is 10.1. The van der Waals surface area contributed by atoms with Crippen LogP contribution in [-0.4, -0.2) is 34.9 Å². The zero-order valence-corrected chi connectivity index (χ0v) is 20.5. The molecule has 2 N–H and O–H groups in total. The van der Waals surface area contributed by atoms with E-state index >= 15 is 0 Å². The zero-order valence-electron chi connectivity index (χ0n) is 20.5. The summed E-state index contributed by atoms with van der Waals surface area (Å²) in [6.45, 7) is 1.94. The van der Waals surface area contributed by atoms with Gasteiger partial charge in [-0.05, 0) is 43.3 Å². The first-order chi connectivity index (χ1) is 18.3. The Morgan fingerprint density at radius 2 is 1.61 bits per heavy atom. The molecule has 8 nitrogen and oxygen atoms in total. The first-order valence-electron chi connectivity index (χ1n) is 11.8. The molecule has 1 atom stereocenters. The minimum Gasteiger partial charge on any atom is -0.479 e. The fourth-order valence-electron chi connectivity index (χ4n) is 4.16. The first-order valence-corrected chi connectivity index (χ1v) is 11.8. The molecule has 0 aliphatic carbocycles. The van der Waals surface area contributed by atoms with Gasteiger partial charge in [0.15, 0.2) is 11.9 Å². The summed E-state index contributed by atoms with van der Waals surface area (Å²) >= 11 is 0. The SMILES string of the molecule is CC1Oc2ccccc2N(C)C1=O.O=C1NCc2nc(-c3c(F)cccc3F)nc(Nc3ccccc3)c21. The zero-order chi connectivity index (χ0) is 26.8. The maximum Gasteiger partial charge on any atom is 0.267 e. The van der Waals surface area contributed by atoms with E-state index in [0.29, 0.717) is 11.4 Å². The number of hydrogen-bond acceptors (Lipinski definition) is 6. The van der Waals surface area contributed by atoms with Gasteiger partial charge in [0.1, 0.15) is 28.8 Å². The number of amides is 2. The average Bonchev–Trinajstić information content (AvgIpc) is 3.29. The maximum atomic E-state index is 14.1. The molecule has 2 aliphatic rings. The van der Waals surface area contributed by atoms with E-state index in [1.54, 1.807) is 31.0 Å². The van der Waals surface area contributed by atoms with Crippen molar-refractivity contribution in [1.29, 1.82) is 0 Å². The number of halogens is 2. The average molecular weight is 516 g/mol. The fraction of sp³-hybridized carbons (Fsp3) is 0.143. The Bertz CT molecular complexity index is 1510. The van der Waals surface area contributed by atoms with E-state index in [4.69, 9.17) is 4.74 Å². The number of carbonyl (C=O) groups is 2. The minimum absolute atomic E-state index is 0.00120. The van der Waals surface area contributed by atoms with Gasteiger partial charge in [0.25, 0.3) is 11.8 Å². The minimum atomic E-state index is -0.761. The molecule has 0 saturated heterocycles. The number of para-hydroxylation sites is 3. The Morgan fingerprint density at radius 3 is 2.34 bits per heavy atom. The van der Waals surface area contributed by atoms with Crippen molar-refractivity contribution in [1.82, 2.24) is 15.3 Å². The molecule has 0 bridgehead atoms. The van der Waals surface area contributed by atoms with Crippen LogP contribution < -0.4 is 20.3 Å². The molecule has 1 aromatic heterocycles. The van der Waals surface area contributed by atoms with Crippen LogP contribution in [0.25, 0.3) is 11.4 Å². The third-order valence-electron chi connectivity index (χ3n) is 6.06. The van der Waals surface area contributed by atoms with Crippen molar-refractivity contribution in [3.63, 3.8) is 0 Å². The second-order valence-corrected chi connectivity index (χ2v) is 8.61. The van der Waals surface area contributed by atoms with Crippen molar-refractivity contribution in [2.24, 2.45) is 0 Å². The predicted molar refractivity (Wildman–Crippen MR) is 138 cm³/mol. The highest BCUT2D eigenvalue weighted by molar-refractivity contribution is 6.03. The van der Waals surface area contributed by atoms with Crippen molar-refractivity contribution in [3.05, 3.63) is 95.7 Å². The Balaban J connectivity index is 0.000000190. The third-order valence-corrected chi connectivity index (χ3v) is 6.06. The van der Waals surface area contributed by atoms with Crippen LogP contribution in [-0.2, 0) is 11.3 Å². The molecule has 3 aromatic carbocycles. The van der Waals surface area contributed by atoms with Gasteiger partial charge in [-0.2, -0.15) is 0 Å². The molecule has 0 spiro atoms. The normalized spacial score (nSPS) is 15.5. The molecule has 4 aromatic rings. The summed E-state index contributed by atoms with van der Waals surface area (Å²) in [5, 5.41) is 5.68. The number of fused-ring (bicyclic) bond motifs is 2. The van der Waals surface area contributed by atoms with Gasteiger partial charge in [-0.1, -0.05) is 36.4 Å². The predicted octanol–water partition coefficient (Wildman–Crippen LogP) is 4.84. The van der Waals surface area contributed by atoms with Gasteiger partial charge >= 0.3 is 0 Å². The van der Waals surface area contributed by atoms with E-state index in [2.05, 4.69) is 20.6 Å². The fourth-order valence-corrected chi connectivity index (χ4v) is 4.16. The van der Waals surface area contributed by atoms with Crippen LogP contribution in [0.2, 0.25) is 0 Å². The number of aromatic nitrogens is 2. The molecule has 10 heteroatoms. The van der Waals surface area contributed by atoms with Gasteiger partial charge in [-0.3, -0.25) is 9.59 Å². The van der Waals surface area contributed by atoms with Gasteiger partial charge in [-0.15, -0.1) is 0 Å². The lowest BCUT2D eigenvalue weighted by Gasteiger charge is -2.29. The van der Waals surface area contributed by atoms with E-state index in [9.17, 15) is 18.4 Å². The number of anilines is 3. The smallest absolute Gasteiger partial charge is 0.267 e. The number of ether oxygens (including phenoxy) is 1. The molecule has 38 heavy (non-hydrogen) atoms. The Kier molecular flexibility index (Phi) is 6.69. The first kappa shape index (κ1) is 24.8. The number of nitrogens with zero attached hydrogens (tertiary/aromatic N) is 3. The third kappa shape index (κ3) is 4.75. The van der Waals surface area contributed by atoms with Crippen molar-refractivity contribution in [2.75, 3.05) is 17.3 Å². The van der Waals surface area contributed by atoms with E-state index in [0.717, 1.165) is 23.6 Å². The number of hydrogen-bond donors (Lipinski definition) is 2. The van der Waals surface area contributed by atoms with Crippen molar-refractivity contribution in [3.8, 4) is 17.1 Å². The van der Waals surface area contributed by atoms with Gasteiger partial charge in [0.05, 0.1) is 23.5 Å². The lowest BCUT2D eigenvalue weighted by molar-refractivity contribution is -0.125. The van der Waals surface area contributed by atoms with Crippen LogP contribution in [0.3, 0.4) is 0 Å². The molecule has 0 fully saturated rings. The summed E-state index contributed by atoms with van der Waals surface area (Å²) in [6.07, 6.45) is -0.375. The number of likely N-dealkylation sites (N-methyl/N-ethyl adjacent to an activating group) is 1. The van der Waals surface area contributed by atoms with Crippen molar-refractivity contribution >= 4 is 29.0 Å². The van der Waals surface area contributed by atoms with Crippen molar-refractivity contribution < 1.29 is 23.1 Å². The van der Waals surface area contributed by atoms with Crippen LogP contribution in [0.5, 0.6) is 5.75 Å². The highest BCUT2D eigenvalue weighted by Gasteiger charge is 2.29. The Morgan fingerprint density at radius 1 is 0.921 bits per heavy atom. The summed E-state index contributed by atoms with van der Waals surface area (Å²) in [4.78, 5) is 33.6.